The molecule has 22 heavy (non-hydrogen) atoms. The van der Waals surface area contributed by atoms with Gasteiger partial charge >= 0.3 is 0 Å². The second-order valence-corrected chi connectivity index (χ2v) is 11.1. The maximum absolute atomic E-state index is 11.3. The molecule has 3 N–H and O–H groups in total. The summed E-state index contributed by atoms with van der Waals surface area (Å²) < 4.78 is 5.88. The van der Waals surface area contributed by atoms with Gasteiger partial charge < -0.3 is 25.2 Å². The van der Waals surface area contributed by atoms with Crippen LogP contribution in [0.4, 0.5) is 0 Å². The van der Waals surface area contributed by atoms with Gasteiger partial charge in [-0.25, -0.2) is 0 Å². The van der Waals surface area contributed by atoms with E-state index in [4.69, 9.17) is 4.74 Å². The second kappa shape index (κ2) is 5.85. The lowest BCUT2D eigenvalue weighted by molar-refractivity contribution is -0.123. The van der Waals surface area contributed by atoms with Crippen LogP contribution in [-0.4, -0.2) is 70.8 Å². The molecule has 0 bridgehead atoms. The Morgan fingerprint density at radius 3 is 2.73 bits per heavy atom. The molecule has 1 saturated heterocycles. The Balaban J connectivity index is 2.16. The topological polar surface area (TPSA) is 82.0 Å². The number of carbonyl (C=O) groups is 1. The van der Waals surface area contributed by atoms with Crippen molar-refractivity contribution in [1.29, 1.82) is 0 Å². The zero-order valence-corrected chi connectivity index (χ0v) is 14.2. The standard InChI is InChI=1S/C15H25N2O4P/c1-10-16-12(18)6-8-17(10)14-15(2,20)13(19)11(21-14)7-9-22(3,4)5/h6,8,11,13-14,19-20H,1,3,7,9H2,2,4-5H3,(H,16,18)/t11-,13-,14?,15-/m1/s1. The van der Waals surface area contributed by atoms with Crippen molar-refractivity contribution < 1.29 is 19.7 Å². The van der Waals surface area contributed by atoms with Crippen LogP contribution in [0, 0.1) is 0 Å². The molecule has 0 aromatic rings. The number of rotatable bonds is 4. The first-order chi connectivity index (χ1) is 10.0. The maximum Gasteiger partial charge on any atom is 0.250 e. The first-order valence-electron chi connectivity index (χ1n) is 7.22. The van der Waals surface area contributed by atoms with E-state index in [2.05, 4.69) is 31.5 Å². The van der Waals surface area contributed by atoms with Crippen molar-refractivity contribution >= 4 is 19.1 Å². The van der Waals surface area contributed by atoms with Gasteiger partial charge in [0.2, 0.25) is 0 Å². The van der Waals surface area contributed by atoms with Crippen LogP contribution in [0.25, 0.3) is 0 Å². The quantitative estimate of drug-likeness (QED) is 0.648. The van der Waals surface area contributed by atoms with Crippen LogP contribution >= 0.6 is 6.89 Å². The van der Waals surface area contributed by atoms with E-state index in [1.807, 2.05) is 0 Å². The van der Waals surface area contributed by atoms with Crippen molar-refractivity contribution in [3.05, 3.63) is 24.7 Å². The van der Waals surface area contributed by atoms with E-state index in [-0.39, 0.29) is 5.91 Å². The fourth-order valence-corrected chi connectivity index (χ4v) is 3.61. The smallest absolute Gasteiger partial charge is 0.250 e. The van der Waals surface area contributed by atoms with E-state index in [1.54, 1.807) is 0 Å². The molecule has 0 saturated carbocycles. The van der Waals surface area contributed by atoms with Crippen molar-refractivity contribution in [3.63, 3.8) is 0 Å². The highest BCUT2D eigenvalue weighted by Gasteiger charge is 2.54. The summed E-state index contributed by atoms with van der Waals surface area (Å²) in [5.74, 6) is 0.0372. The first kappa shape index (κ1) is 17.3. The average molecular weight is 328 g/mol. The molecule has 2 rings (SSSR count). The van der Waals surface area contributed by atoms with Crippen LogP contribution < -0.4 is 5.32 Å². The van der Waals surface area contributed by atoms with Gasteiger partial charge in [0.15, 0.2) is 6.23 Å². The molecule has 2 aliphatic rings. The van der Waals surface area contributed by atoms with Gasteiger partial charge in [-0.1, -0.05) is 6.58 Å². The molecule has 1 amide bonds. The molecule has 4 atom stereocenters. The minimum absolute atomic E-state index is 0.278. The Morgan fingerprint density at radius 1 is 1.55 bits per heavy atom. The Morgan fingerprint density at radius 2 is 2.18 bits per heavy atom. The summed E-state index contributed by atoms with van der Waals surface area (Å²) in [7, 11) is 0. The van der Waals surface area contributed by atoms with Crippen LogP contribution in [-0.2, 0) is 9.53 Å². The Labute approximate surface area is 131 Å². The van der Waals surface area contributed by atoms with Gasteiger partial charge in [0.25, 0.3) is 5.91 Å². The van der Waals surface area contributed by atoms with Gasteiger partial charge in [0.05, 0.1) is 6.10 Å². The molecule has 0 aromatic carbocycles. The third-order valence-corrected chi connectivity index (χ3v) is 5.46. The normalized spacial score (nSPS) is 35.9. The number of ether oxygens (including phenoxy) is 1. The Hall–Kier alpha value is -1.07. The fourth-order valence-electron chi connectivity index (χ4n) is 2.66. The Bertz CT molecular complexity index is 552. The minimum Gasteiger partial charge on any atom is -0.387 e. The fraction of sp³-hybridized carbons (Fsp3) is 0.600. The van der Waals surface area contributed by atoms with Crippen molar-refractivity contribution in [3.8, 4) is 0 Å². The number of hydrogen-bond donors (Lipinski definition) is 3. The molecule has 124 valence electrons. The van der Waals surface area contributed by atoms with Crippen LogP contribution in [0.3, 0.4) is 0 Å². The number of aliphatic hydroxyl groups is 2. The molecule has 0 aromatic heterocycles. The van der Waals surface area contributed by atoms with Crippen molar-refractivity contribution in [2.75, 3.05) is 19.5 Å². The number of aliphatic hydroxyl groups excluding tert-OH is 1. The largest absolute Gasteiger partial charge is 0.387 e. The SMILES string of the molecule is C=C1NC(=O)C=CN1C1O[C@H](CCP(=C)(C)C)[C@@H](O)[C@@]1(C)O. The highest BCUT2D eigenvalue weighted by atomic mass is 31.2. The third-order valence-electron chi connectivity index (χ3n) is 3.99. The molecule has 0 spiro atoms. The predicted octanol–water partition coefficient (Wildman–Crippen LogP) is 0.339. The molecule has 2 aliphatic heterocycles. The van der Waals surface area contributed by atoms with Gasteiger partial charge in [-0.05, 0) is 32.8 Å². The van der Waals surface area contributed by atoms with E-state index in [9.17, 15) is 15.0 Å². The number of amides is 1. The number of nitrogens with one attached hydrogen (secondary N) is 1. The van der Waals surface area contributed by atoms with Gasteiger partial charge in [-0.15, -0.1) is 13.2 Å². The molecule has 6 nitrogen and oxygen atoms in total. The van der Waals surface area contributed by atoms with Gasteiger partial charge in [0.1, 0.15) is 17.5 Å². The third kappa shape index (κ3) is 3.46. The average Bonchev–Trinajstić information content (AvgIpc) is 2.59. The lowest BCUT2D eigenvalue weighted by atomic mass is 9.95. The van der Waals surface area contributed by atoms with Crippen LogP contribution in [0.1, 0.15) is 13.3 Å². The summed E-state index contributed by atoms with van der Waals surface area (Å²) in [5.41, 5.74) is -1.47. The van der Waals surface area contributed by atoms with Crippen molar-refractivity contribution in [1.82, 2.24) is 10.2 Å². The van der Waals surface area contributed by atoms with Gasteiger partial charge in [0, 0.05) is 12.3 Å². The van der Waals surface area contributed by atoms with Gasteiger partial charge in [-0.3, -0.25) is 4.79 Å². The van der Waals surface area contributed by atoms with Crippen LogP contribution in [0.5, 0.6) is 0 Å². The summed E-state index contributed by atoms with van der Waals surface area (Å²) >= 11 is 0. The molecule has 2 heterocycles. The number of hydrogen-bond acceptors (Lipinski definition) is 5. The summed E-state index contributed by atoms with van der Waals surface area (Å²) in [6, 6.07) is 0. The molecule has 7 heteroatoms. The molecule has 1 fully saturated rings. The molecular weight excluding hydrogens is 303 g/mol. The molecule has 0 radical (unpaired) electrons. The number of carbonyl (C=O) groups excluding carboxylic acids is 1. The van der Waals surface area contributed by atoms with E-state index >= 15 is 0 Å². The van der Waals surface area contributed by atoms with Crippen LogP contribution in [0.2, 0.25) is 0 Å². The highest BCUT2D eigenvalue weighted by Crippen LogP contribution is 2.41. The van der Waals surface area contributed by atoms with Crippen molar-refractivity contribution in [2.45, 2.75) is 37.4 Å². The van der Waals surface area contributed by atoms with E-state index in [0.717, 1.165) is 6.16 Å². The molecule has 0 aliphatic carbocycles. The lowest BCUT2D eigenvalue weighted by Crippen LogP contribution is -2.53. The zero-order chi connectivity index (χ0) is 16.7. The predicted molar refractivity (Wildman–Crippen MR) is 88.9 cm³/mol. The molecule has 1 unspecified atom stereocenters. The maximum atomic E-state index is 11.3. The number of nitrogens with zero attached hydrogens (tertiary/aromatic N) is 1. The second-order valence-electron chi connectivity index (χ2n) is 6.80. The summed E-state index contributed by atoms with van der Waals surface area (Å²) in [6.07, 6.45) is 6.20. The lowest BCUT2D eigenvalue weighted by Gasteiger charge is -2.37. The van der Waals surface area contributed by atoms with Crippen LogP contribution in [0.15, 0.2) is 24.7 Å². The summed E-state index contributed by atoms with van der Waals surface area (Å²) in [4.78, 5) is 12.8. The molecular formula is C15H25N2O4P. The Kier molecular flexibility index (Phi) is 4.60. The monoisotopic (exact) mass is 328 g/mol. The van der Waals surface area contributed by atoms with Crippen molar-refractivity contribution in [2.24, 2.45) is 0 Å². The highest BCUT2D eigenvalue weighted by molar-refractivity contribution is 7.72. The summed E-state index contributed by atoms with van der Waals surface area (Å²) in [5, 5.41) is 23.6. The van der Waals surface area contributed by atoms with E-state index in [0.29, 0.717) is 12.2 Å². The van der Waals surface area contributed by atoms with E-state index < -0.39 is 30.9 Å². The van der Waals surface area contributed by atoms with Gasteiger partial charge in [-0.2, -0.15) is 0 Å². The minimum atomic E-state index is -1.47. The zero-order valence-electron chi connectivity index (χ0n) is 13.3. The summed E-state index contributed by atoms with van der Waals surface area (Å²) in [6.45, 7) is 8.29. The van der Waals surface area contributed by atoms with E-state index in [1.165, 1.54) is 24.1 Å². The first-order valence-corrected chi connectivity index (χ1v) is 10.3.